The molecule has 5 rings (SSSR count). The normalized spacial score (nSPS) is 12.9. The van der Waals surface area contributed by atoms with Crippen molar-refractivity contribution in [1.29, 1.82) is 0 Å². The summed E-state index contributed by atoms with van der Waals surface area (Å²) >= 11 is 1.64. The Bertz CT molecular complexity index is 1410. The number of imidazole rings is 1. The summed E-state index contributed by atoms with van der Waals surface area (Å²) in [5.74, 6) is 1.15. The van der Waals surface area contributed by atoms with Gasteiger partial charge in [0.1, 0.15) is 5.82 Å². The van der Waals surface area contributed by atoms with Gasteiger partial charge in [-0.05, 0) is 29.8 Å². The standard InChI is InChI=1S/C28H25N3O4S/c1-31-13-7-11-19(17-31)28(32)35-26-21(33-2)15-20(16-22(26)34-3)27-29-24(18-9-5-4-6-10-18)25(30-27)23-12-8-14-36-23/h4-10,12-17H,11H2,1-3H3,(H,29,30). The highest BCUT2D eigenvalue weighted by molar-refractivity contribution is 7.13. The van der Waals surface area contributed by atoms with Crippen LogP contribution in [0.2, 0.25) is 0 Å². The number of aromatic nitrogens is 2. The van der Waals surface area contributed by atoms with Crippen molar-refractivity contribution in [2.75, 3.05) is 21.3 Å². The molecule has 2 aromatic carbocycles. The van der Waals surface area contributed by atoms with E-state index in [4.69, 9.17) is 19.2 Å². The first kappa shape index (κ1) is 23.4. The second-order valence-corrected chi connectivity index (χ2v) is 9.11. The van der Waals surface area contributed by atoms with Crippen LogP contribution in [0.4, 0.5) is 0 Å². The maximum atomic E-state index is 12.9. The maximum absolute atomic E-state index is 12.9. The smallest absolute Gasteiger partial charge is 0.341 e. The minimum absolute atomic E-state index is 0.222. The zero-order valence-corrected chi connectivity index (χ0v) is 21.0. The Morgan fingerprint density at radius 1 is 1.03 bits per heavy atom. The third-order valence-electron chi connectivity index (χ3n) is 5.75. The molecule has 4 aromatic rings. The van der Waals surface area contributed by atoms with Crippen LogP contribution in [0.15, 0.2) is 84.0 Å². The zero-order valence-electron chi connectivity index (χ0n) is 20.1. The Kier molecular flexibility index (Phi) is 6.60. The highest BCUT2D eigenvalue weighted by atomic mass is 32.1. The van der Waals surface area contributed by atoms with Gasteiger partial charge >= 0.3 is 5.97 Å². The summed E-state index contributed by atoms with van der Waals surface area (Å²) in [4.78, 5) is 24.2. The van der Waals surface area contributed by atoms with Crippen LogP contribution in [0.1, 0.15) is 6.42 Å². The molecular weight excluding hydrogens is 474 g/mol. The number of carbonyl (C=O) groups is 1. The van der Waals surface area contributed by atoms with Crippen molar-refractivity contribution in [2.45, 2.75) is 6.42 Å². The molecule has 0 atom stereocenters. The molecule has 1 aliphatic rings. The quantitative estimate of drug-likeness (QED) is 0.244. The molecule has 8 heteroatoms. The number of hydrogen-bond acceptors (Lipinski definition) is 7. The van der Waals surface area contributed by atoms with Crippen molar-refractivity contribution in [3.05, 3.63) is 84.0 Å². The Hall–Kier alpha value is -4.30. The van der Waals surface area contributed by atoms with Crippen LogP contribution in [0.5, 0.6) is 17.2 Å². The van der Waals surface area contributed by atoms with Gasteiger partial charge in [-0.2, -0.15) is 0 Å². The van der Waals surface area contributed by atoms with Gasteiger partial charge in [0, 0.05) is 30.8 Å². The summed E-state index contributed by atoms with van der Waals surface area (Å²) in [6.07, 6.45) is 6.03. The summed E-state index contributed by atoms with van der Waals surface area (Å²) in [6.45, 7) is 0. The van der Waals surface area contributed by atoms with E-state index in [-0.39, 0.29) is 5.75 Å². The lowest BCUT2D eigenvalue weighted by atomic mass is 10.1. The van der Waals surface area contributed by atoms with E-state index in [9.17, 15) is 4.79 Å². The number of esters is 1. The molecule has 0 spiro atoms. The van der Waals surface area contributed by atoms with E-state index in [0.717, 1.165) is 27.4 Å². The average molecular weight is 500 g/mol. The topological polar surface area (TPSA) is 76.7 Å². The van der Waals surface area contributed by atoms with Crippen molar-refractivity contribution in [1.82, 2.24) is 14.9 Å². The monoisotopic (exact) mass is 499 g/mol. The number of H-pyrrole nitrogens is 1. The maximum Gasteiger partial charge on any atom is 0.341 e. The lowest BCUT2D eigenvalue weighted by molar-refractivity contribution is -0.130. The second kappa shape index (κ2) is 10.1. The number of methoxy groups -OCH3 is 2. The first-order chi connectivity index (χ1) is 17.6. The van der Waals surface area contributed by atoms with E-state index in [1.807, 2.05) is 66.0 Å². The van der Waals surface area contributed by atoms with E-state index in [2.05, 4.69) is 11.1 Å². The molecule has 0 saturated heterocycles. The molecule has 0 unspecified atom stereocenters. The fourth-order valence-corrected chi connectivity index (χ4v) is 4.74. The molecule has 7 nitrogen and oxygen atoms in total. The van der Waals surface area contributed by atoms with Gasteiger partial charge in [0.05, 0.1) is 36.1 Å². The molecule has 2 aromatic heterocycles. The molecule has 0 amide bonds. The molecule has 182 valence electrons. The van der Waals surface area contributed by atoms with Crippen LogP contribution in [0, 0.1) is 0 Å². The van der Waals surface area contributed by atoms with Crippen LogP contribution in [-0.4, -0.2) is 42.1 Å². The second-order valence-electron chi connectivity index (χ2n) is 8.16. The Labute approximate surface area is 213 Å². The highest BCUT2D eigenvalue weighted by Gasteiger charge is 2.23. The molecule has 36 heavy (non-hydrogen) atoms. The number of carbonyl (C=O) groups excluding carboxylic acids is 1. The summed E-state index contributed by atoms with van der Waals surface area (Å²) in [6, 6.07) is 17.7. The van der Waals surface area contributed by atoms with Crippen LogP contribution >= 0.6 is 11.3 Å². The average Bonchev–Trinajstić information content (AvgIpc) is 3.59. The first-order valence-electron chi connectivity index (χ1n) is 11.3. The minimum Gasteiger partial charge on any atom is -0.493 e. The number of allylic oxidation sites excluding steroid dienone is 1. The summed E-state index contributed by atoms with van der Waals surface area (Å²) < 4.78 is 17.0. The molecule has 0 radical (unpaired) electrons. The lowest BCUT2D eigenvalue weighted by Gasteiger charge is -2.18. The molecule has 0 fully saturated rings. The molecule has 0 saturated carbocycles. The van der Waals surface area contributed by atoms with Crippen molar-refractivity contribution >= 4 is 17.3 Å². The SMILES string of the molecule is COc1cc(-c2nc(-c3ccccc3)c(-c3cccs3)[nH]2)cc(OC)c1OC(=O)C1=CN(C)C=CC1. The third-order valence-corrected chi connectivity index (χ3v) is 6.63. The lowest BCUT2D eigenvalue weighted by Crippen LogP contribution is -2.17. The van der Waals surface area contributed by atoms with Crippen LogP contribution in [-0.2, 0) is 4.79 Å². The molecule has 0 aliphatic carbocycles. The van der Waals surface area contributed by atoms with Gasteiger partial charge in [-0.1, -0.05) is 42.5 Å². The van der Waals surface area contributed by atoms with E-state index in [1.54, 1.807) is 29.7 Å². The van der Waals surface area contributed by atoms with E-state index in [0.29, 0.717) is 29.3 Å². The number of thiophene rings is 1. The number of nitrogens with zero attached hydrogens (tertiary/aromatic N) is 2. The van der Waals surface area contributed by atoms with Gasteiger partial charge in [0.2, 0.25) is 5.75 Å². The van der Waals surface area contributed by atoms with Gasteiger partial charge in [0.15, 0.2) is 11.5 Å². The van der Waals surface area contributed by atoms with Gasteiger partial charge in [-0.15, -0.1) is 11.3 Å². The Balaban J connectivity index is 1.55. The van der Waals surface area contributed by atoms with Gasteiger partial charge < -0.3 is 24.1 Å². The van der Waals surface area contributed by atoms with Crippen molar-refractivity contribution in [3.8, 4) is 50.5 Å². The number of hydrogen-bond donors (Lipinski definition) is 1. The van der Waals surface area contributed by atoms with Crippen molar-refractivity contribution in [2.24, 2.45) is 0 Å². The molecule has 0 bridgehead atoms. The first-order valence-corrected chi connectivity index (χ1v) is 12.2. The minimum atomic E-state index is -0.458. The van der Waals surface area contributed by atoms with Crippen molar-refractivity contribution in [3.63, 3.8) is 0 Å². The summed E-state index contributed by atoms with van der Waals surface area (Å²) in [5, 5.41) is 2.04. The largest absolute Gasteiger partial charge is 0.493 e. The summed E-state index contributed by atoms with van der Waals surface area (Å²) in [5.41, 5.74) is 4.06. The Morgan fingerprint density at radius 3 is 2.42 bits per heavy atom. The van der Waals surface area contributed by atoms with Gasteiger partial charge in [0.25, 0.3) is 0 Å². The number of rotatable bonds is 7. The fourth-order valence-electron chi connectivity index (χ4n) is 4.01. The van der Waals surface area contributed by atoms with Crippen LogP contribution in [0.3, 0.4) is 0 Å². The summed E-state index contributed by atoms with van der Waals surface area (Å²) in [7, 11) is 4.91. The number of aromatic amines is 1. The van der Waals surface area contributed by atoms with Crippen LogP contribution in [0.25, 0.3) is 33.2 Å². The third kappa shape index (κ3) is 4.63. The molecule has 1 N–H and O–H groups in total. The number of ether oxygens (including phenoxy) is 3. The predicted molar refractivity (Wildman–Crippen MR) is 141 cm³/mol. The fraction of sp³-hybridized carbons (Fsp3) is 0.143. The molecular formula is C28H25N3O4S. The van der Waals surface area contributed by atoms with E-state index in [1.165, 1.54) is 14.2 Å². The Morgan fingerprint density at radius 2 is 1.78 bits per heavy atom. The number of nitrogens with one attached hydrogen (secondary N) is 1. The van der Waals surface area contributed by atoms with Gasteiger partial charge in [-0.25, -0.2) is 9.78 Å². The number of benzene rings is 2. The highest BCUT2D eigenvalue weighted by Crippen LogP contribution is 2.43. The van der Waals surface area contributed by atoms with Gasteiger partial charge in [-0.3, -0.25) is 0 Å². The zero-order chi connectivity index (χ0) is 25.1. The molecule has 1 aliphatic heterocycles. The van der Waals surface area contributed by atoms with E-state index >= 15 is 0 Å². The predicted octanol–water partition coefficient (Wildman–Crippen LogP) is 6.13. The van der Waals surface area contributed by atoms with Crippen molar-refractivity contribution < 1.29 is 19.0 Å². The van der Waals surface area contributed by atoms with E-state index < -0.39 is 5.97 Å². The molecule has 3 heterocycles. The van der Waals surface area contributed by atoms with Crippen LogP contribution < -0.4 is 14.2 Å².